The van der Waals surface area contributed by atoms with E-state index in [1.807, 2.05) is 27.7 Å². The minimum absolute atomic E-state index is 0.102. The van der Waals surface area contributed by atoms with Gasteiger partial charge in [-0.15, -0.1) is 0 Å². The lowest BCUT2D eigenvalue weighted by Crippen LogP contribution is -2.53. The lowest BCUT2D eigenvalue weighted by molar-refractivity contribution is -0.139. The summed E-state index contributed by atoms with van der Waals surface area (Å²) in [5, 5.41) is 5.56. The first kappa shape index (κ1) is 17.4. The molecule has 0 aromatic carbocycles. The molecular formula is C14H26N4O3. The van der Waals surface area contributed by atoms with Crippen LogP contribution in [-0.2, 0) is 14.4 Å². The second-order valence-corrected chi connectivity index (χ2v) is 6.27. The highest BCUT2D eigenvalue weighted by Crippen LogP contribution is 2.01. The molecule has 0 spiro atoms. The maximum absolute atomic E-state index is 12.2. The van der Waals surface area contributed by atoms with Gasteiger partial charge in [0.2, 0.25) is 17.7 Å². The molecule has 1 fully saturated rings. The van der Waals surface area contributed by atoms with Crippen molar-refractivity contribution in [3.63, 3.8) is 0 Å². The first-order chi connectivity index (χ1) is 9.71. The van der Waals surface area contributed by atoms with Gasteiger partial charge in [0.15, 0.2) is 0 Å². The number of likely N-dealkylation sites (N-methyl/N-ethyl adjacent to an activating group) is 1. The summed E-state index contributed by atoms with van der Waals surface area (Å²) in [6.07, 6.45) is 0. The van der Waals surface area contributed by atoms with Crippen LogP contribution < -0.4 is 10.6 Å². The Labute approximate surface area is 126 Å². The first-order valence-corrected chi connectivity index (χ1v) is 7.29. The van der Waals surface area contributed by atoms with Crippen LogP contribution in [0.5, 0.6) is 0 Å². The van der Waals surface area contributed by atoms with Crippen molar-refractivity contribution in [3.05, 3.63) is 0 Å². The van der Waals surface area contributed by atoms with Crippen molar-refractivity contribution in [3.8, 4) is 0 Å². The second-order valence-electron chi connectivity index (χ2n) is 6.27. The summed E-state index contributed by atoms with van der Waals surface area (Å²) in [5.74, 6) is -0.355. The Balaban J connectivity index is 2.47. The SMILES string of the molecule is CCN(CC(=O)NC(C)(C)C)CC(=O)N1CCNC(=O)C1. The number of hydrogen-bond acceptors (Lipinski definition) is 4. The number of carbonyl (C=O) groups excluding carboxylic acids is 3. The van der Waals surface area contributed by atoms with Gasteiger partial charge in [-0.25, -0.2) is 0 Å². The minimum atomic E-state index is -0.286. The van der Waals surface area contributed by atoms with Gasteiger partial charge in [0.25, 0.3) is 0 Å². The predicted octanol–water partition coefficient (Wildman–Crippen LogP) is -0.819. The van der Waals surface area contributed by atoms with Crippen molar-refractivity contribution in [2.24, 2.45) is 0 Å². The smallest absolute Gasteiger partial charge is 0.239 e. The normalized spacial score (nSPS) is 15.9. The topological polar surface area (TPSA) is 81.8 Å². The van der Waals surface area contributed by atoms with E-state index in [0.29, 0.717) is 19.6 Å². The lowest BCUT2D eigenvalue weighted by Gasteiger charge is -2.29. The highest BCUT2D eigenvalue weighted by molar-refractivity contribution is 5.87. The van der Waals surface area contributed by atoms with E-state index in [2.05, 4.69) is 10.6 Å². The van der Waals surface area contributed by atoms with E-state index in [9.17, 15) is 14.4 Å². The molecule has 0 aliphatic carbocycles. The van der Waals surface area contributed by atoms with Crippen LogP contribution >= 0.6 is 0 Å². The van der Waals surface area contributed by atoms with Crippen molar-refractivity contribution in [2.45, 2.75) is 33.2 Å². The summed E-state index contributed by atoms with van der Waals surface area (Å²) in [4.78, 5) is 38.6. The van der Waals surface area contributed by atoms with Gasteiger partial charge in [-0.3, -0.25) is 19.3 Å². The van der Waals surface area contributed by atoms with Crippen molar-refractivity contribution in [1.82, 2.24) is 20.4 Å². The highest BCUT2D eigenvalue weighted by Gasteiger charge is 2.23. The maximum Gasteiger partial charge on any atom is 0.239 e. The molecule has 0 atom stereocenters. The number of rotatable bonds is 5. The zero-order chi connectivity index (χ0) is 16.0. The zero-order valence-electron chi connectivity index (χ0n) is 13.4. The van der Waals surface area contributed by atoms with Crippen molar-refractivity contribution in [1.29, 1.82) is 0 Å². The number of piperazine rings is 1. The van der Waals surface area contributed by atoms with E-state index in [4.69, 9.17) is 0 Å². The Kier molecular flexibility index (Phi) is 6.14. The summed E-state index contributed by atoms with van der Waals surface area (Å²) in [7, 11) is 0. The lowest BCUT2D eigenvalue weighted by atomic mass is 10.1. The van der Waals surface area contributed by atoms with Gasteiger partial charge >= 0.3 is 0 Å². The molecule has 0 aromatic heterocycles. The number of hydrogen-bond donors (Lipinski definition) is 2. The Morgan fingerprint density at radius 1 is 1.33 bits per heavy atom. The van der Waals surface area contributed by atoms with E-state index >= 15 is 0 Å². The third-order valence-corrected chi connectivity index (χ3v) is 3.08. The predicted molar refractivity (Wildman–Crippen MR) is 79.6 cm³/mol. The molecule has 3 amide bonds. The average Bonchev–Trinajstić information content (AvgIpc) is 2.35. The number of nitrogens with zero attached hydrogens (tertiary/aromatic N) is 2. The first-order valence-electron chi connectivity index (χ1n) is 7.29. The Morgan fingerprint density at radius 2 is 2.00 bits per heavy atom. The molecule has 0 unspecified atom stereocenters. The minimum Gasteiger partial charge on any atom is -0.353 e. The molecule has 0 bridgehead atoms. The van der Waals surface area contributed by atoms with E-state index < -0.39 is 0 Å². The van der Waals surface area contributed by atoms with E-state index in [1.165, 1.54) is 4.90 Å². The van der Waals surface area contributed by atoms with E-state index in [1.54, 1.807) is 4.90 Å². The van der Waals surface area contributed by atoms with Gasteiger partial charge in [0.05, 0.1) is 19.6 Å². The molecule has 0 saturated carbocycles. The van der Waals surface area contributed by atoms with Gasteiger partial charge in [0, 0.05) is 18.6 Å². The van der Waals surface area contributed by atoms with Gasteiger partial charge < -0.3 is 15.5 Å². The molecule has 0 aromatic rings. The van der Waals surface area contributed by atoms with Gasteiger partial charge in [0.1, 0.15) is 0 Å². The number of nitrogens with one attached hydrogen (secondary N) is 2. The molecule has 7 heteroatoms. The standard InChI is InChI=1S/C14H26N4O3/c1-5-17(8-12(20)16-14(2,3)4)10-13(21)18-7-6-15-11(19)9-18/h5-10H2,1-4H3,(H,15,19)(H,16,20). The summed E-state index contributed by atoms with van der Waals surface area (Å²) < 4.78 is 0. The van der Waals surface area contributed by atoms with Crippen LogP contribution in [0.2, 0.25) is 0 Å². The van der Waals surface area contributed by atoms with E-state index in [-0.39, 0.29) is 42.9 Å². The molecule has 1 heterocycles. The fourth-order valence-electron chi connectivity index (χ4n) is 2.08. The molecule has 21 heavy (non-hydrogen) atoms. The largest absolute Gasteiger partial charge is 0.353 e. The van der Waals surface area contributed by atoms with Crippen molar-refractivity contribution < 1.29 is 14.4 Å². The maximum atomic E-state index is 12.2. The quantitative estimate of drug-likeness (QED) is 0.695. The fourth-order valence-corrected chi connectivity index (χ4v) is 2.08. The van der Waals surface area contributed by atoms with E-state index in [0.717, 1.165) is 0 Å². The molecule has 1 saturated heterocycles. The monoisotopic (exact) mass is 298 g/mol. The Morgan fingerprint density at radius 3 is 2.52 bits per heavy atom. The summed E-state index contributed by atoms with van der Waals surface area (Å²) >= 11 is 0. The van der Waals surface area contributed by atoms with Crippen LogP contribution in [0, 0.1) is 0 Å². The van der Waals surface area contributed by atoms with Crippen LogP contribution in [0.15, 0.2) is 0 Å². The number of carbonyl (C=O) groups is 3. The summed E-state index contributed by atoms with van der Waals surface area (Å²) in [6.45, 7) is 9.70. The summed E-state index contributed by atoms with van der Waals surface area (Å²) in [6, 6.07) is 0. The van der Waals surface area contributed by atoms with Crippen LogP contribution in [0.4, 0.5) is 0 Å². The average molecular weight is 298 g/mol. The molecular weight excluding hydrogens is 272 g/mol. The Hall–Kier alpha value is -1.63. The van der Waals surface area contributed by atoms with Gasteiger partial charge in [-0.2, -0.15) is 0 Å². The van der Waals surface area contributed by atoms with Crippen LogP contribution in [-0.4, -0.2) is 72.3 Å². The van der Waals surface area contributed by atoms with Crippen molar-refractivity contribution in [2.75, 3.05) is 39.3 Å². The molecule has 0 radical (unpaired) electrons. The molecule has 120 valence electrons. The third-order valence-electron chi connectivity index (χ3n) is 3.08. The van der Waals surface area contributed by atoms with Crippen LogP contribution in [0.3, 0.4) is 0 Å². The van der Waals surface area contributed by atoms with Gasteiger partial charge in [-0.05, 0) is 27.3 Å². The molecule has 1 aliphatic rings. The summed E-state index contributed by atoms with van der Waals surface area (Å²) in [5.41, 5.74) is -0.286. The Bertz CT molecular complexity index is 404. The van der Waals surface area contributed by atoms with Crippen LogP contribution in [0.1, 0.15) is 27.7 Å². The molecule has 1 aliphatic heterocycles. The van der Waals surface area contributed by atoms with Crippen molar-refractivity contribution >= 4 is 17.7 Å². The zero-order valence-corrected chi connectivity index (χ0v) is 13.4. The highest BCUT2D eigenvalue weighted by atomic mass is 16.2. The number of amides is 3. The molecule has 7 nitrogen and oxygen atoms in total. The fraction of sp³-hybridized carbons (Fsp3) is 0.786. The van der Waals surface area contributed by atoms with Gasteiger partial charge in [-0.1, -0.05) is 6.92 Å². The second kappa shape index (κ2) is 7.40. The van der Waals surface area contributed by atoms with Crippen LogP contribution in [0.25, 0.3) is 0 Å². The third kappa shape index (κ3) is 6.57. The molecule has 1 rings (SSSR count). The molecule has 2 N–H and O–H groups in total.